The van der Waals surface area contributed by atoms with Crippen LogP contribution in [0.1, 0.15) is 16.8 Å². The number of aliphatic carboxylic acids is 1. The molecule has 0 saturated heterocycles. The lowest BCUT2D eigenvalue weighted by atomic mass is 10.2. The molecular weight excluding hydrogens is 196 g/mol. The number of hydrogen-bond acceptors (Lipinski definition) is 3. The van der Waals surface area contributed by atoms with E-state index in [0.717, 1.165) is 0 Å². The first-order chi connectivity index (χ1) is 7.11. The van der Waals surface area contributed by atoms with E-state index in [4.69, 9.17) is 5.11 Å². The topological polar surface area (TPSA) is 70.5 Å². The summed E-state index contributed by atoms with van der Waals surface area (Å²) in [5, 5.41) is 8.47. The van der Waals surface area contributed by atoms with E-state index in [0.29, 0.717) is 5.56 Å². The van der Waals surface area contributed by atoms with Gasteiger partial charge >= 0.3 is 5.97 Å². The fourth-order valence-electron chi connectivity index (χ4n) is 1.08. The van der Waals surface area contributed by atoms with E-state index in [1.165, 1.54) is 17.3 Å². The van der Waals surface area contributed by atoms with Crippen LogP contribution < -0.4 is 0 Å². The Morgan fingerprint density at radius 1 is 1.40 bits per heavy atom. The van der Waals surface area contributed by atoms with Crippen molar-refractivity contribution in [1.82, 2.24) is 9.88 Å². The zero-order valence-electron chi connectivity index (χ0n) is 8.38. The number of rotatable bonds is 4. The van der Waals surface area contributed by atoms with Crippen molar-refractivity contribution in [3.05, 3.63) is 30.1 Å². The van der Waals surface area contributed by atoms with Crippen molar-refractivity contribution < 1.29 is 14.7 Å². The molecule has 1 N–H and O–H groups in total. The molecule has 0 spiro atoms. The number of carboxylic acid groups (broad SMARTS) is 1. The van der Waals surface area contributed by atoms with Crippen LogP contribution in [0.3, 0.4) is 0 Å². The normalized spacial score (nSPS) is 9.67. The maximum atomic E-state index is 11.7. The molecule has 1 aromatic heterocycles. The molecule has 0 radical (unpaired) electrons. The van der Waals surface area contributed by atoms with Gasteiger partial charge in [0, 0.05) is 31.5 Å². The van der Waals surface area contributed by atoms with E-state index in [1.54, 1.807) is 19.2 Å². The number of carbonyl (C=O) groups excluding carboxylic acids is 1. The molecule has 5 heteroatoms. The Morgan fingerprint density at radius 3 is 2.53 bits per heavy atom. The SMILES string of the molecule is CN(CCC(=O)O)C(=O)c1ccncc1. The zero-order chi connectivity index (χ0) is 11.3. The summed E-state index contributed by atoms with van der Waals surface area (Å²) >= 11 is 0. The summed E-state index contributed by atoms with van der Waals surface area (Å²) in [5.41, 5.74) is 0.512. The summed E-state index contributed by atoms with van der Waals surface area (Å²) in [6, 6.07) is 3.19. The van der Waals surface area contributed by atoms with Gasteiger partial charge in [0.15, 0.2) is 0 Å². The van der Waals surface area contributed by atoms with Crippen LogP contribution in [0, 0.1) is 0 Å². The lowest BCUT2D eigenvalue weighted by Crippen LogP contribution is -2.28. The lowest BCUT2D eigenvalue weighted by molar-refractivity contribution is -0.137. The first kappa shape index (κ1) is 11.2. The summed E-state index contributed by atoms with van der Waals surface area (Å²) in [4.78, 5) is 27.2. The van der Waals surface area contributed by atoms with Gasteiger partial charge in [-0.25, -0.2) is 0 Å². The number of carboxylic acids is 1. The first-order valence-electron chi connectivity index (χ1n) is 4.48. The number of pyridine rings is 1. The minimum absolute atomic E-state index is 0.0483. The molecule has 0 aromatic carbocycles. The fraction of sp³-hybridized carbons (Fsp3) is 0.300. The van der Waals surface area contributed by atoms with Crippen molar-refractivity contribution in [2.24, 2.45) is 0 Å². The molecular formula is C10H12N2O3. The Bertz CT molecular complexity index is 351. The molecule has 0 aliphatic heterocycles. The number of hydrogen-bond donors (Lipinski definition) is 1. The van der Waals surface area contributed by atoms with Crippen LogP contribution in [0.25, 0.3) is 0 Å². The van der Waals surface area contributed by atoms with Gasteiger partial charge in [-0.2, -0.15) is 0 Å². The molecule has 1 aromatic rings. The summed E-state index contributed by atoms with van der Waals surface area (Å²) in [6.07, 6.45) is 3.00. The van der Waals surface area contributed by atoms with Gasteiger partial charge in [-0.1, -0.05) is 0 Å². The Kier molecular flexibility index (Phi) is 3.79. The van der Waals surface area contributed by atoms with Gasteiger partial charge in [0.2, 0.25) is 0 Å². The second-order valence-electron chi connectivity index (χ2n) is 3.11. The third-order valence-electron chi connectivity index (χ3n) is 1.94. The monoisotopic (exact) mass is 208 g/mol. The van der Waals surface area contributed by atoms with Crippen molar-refractivity contribution >= 4 is 11.9 Å². The maximum Gasteiger partial charge on any atom is 0.305 e. The van der Waals surface area contributed by atoms with Gasteiger partial charge in [-0.05, 0) is 12.1 Å². The minimum Gasteiger partial charge on any atom is -0.481 e. The second kappa shape index (κ2) is 5.09. The van der Waals surface area contributed by atoms with Crippen LogP contribution >= 0.6 is 0 Å². The average Bonchev–Trinajstić information content (AvgIpc) is 2.26. The molecule has 0 aliphatic rings. The van der Waals surface area contributed by atoms with Gasteiger partial charge in [-0.15, -0.1) is 0 Å². The molecule has 0 bridgehead atoms. The molecule has 15 heavy (non-hydrogen) atoms. The van der Waals surface area contributed by atoms with Gasteiger partial charge in [0.25, 0.3) is 5.91 Å². The van der Waals surface area contributed by atoms with E-state index in [1.807, 2.05) is 0 Å². The van der Waals surface area contributed by atoms with Gasteiger partial charge in [0.1, 0.15) is 0 Å². The van der Waals surface area contributed by atoms with Gasteiger partial charge < -0.3 is 10.0 Å². The Hall–Kier alpha value is -1.91. The largest absolute Gasteiger partial charge is 0.481 e. The zero-order valence-corrected chi connectivity index (χ0v) is 8.38. The summed E-state index contributed by atoms with van der Waals surface area (Å²) in [5.74, 6) is -1.11. The molecule has 1 amide bonds. The molecule has 0 saturated carbocycles. The van der Waals surface area contributed by atoms with Gasteiger partial charge in [0.05, 0.1) is 6.42 Å². The Balaban J connectivity index is 2.57. The van der Waals surface area contributed by atoms with Crippen LogP contribution in [-0.4, -0.2) is 40.5 Å². The molecule has 0 unspecified atom stereocenters. The highest BCUT2D eigenvalue weighted by atomic mass is 16.4. The first-order valence-corrected chi connectivity index (χ1v) is 4.48. The molecule has 0 aliphatic carbocycles. The Labute approximate surface area is 87.4 Å². The highest BCUT2D eigenvalue weighted by Gasteiger charge is 2.11. The lowest BCUT2D eigenvalue weighted by Gasteiger charge is -2.15. The van der Waals surface area contributed by atoms with E-state index in [9.17, 15) is 9.59 Å². The number of aromatic nitrogens is 1. The molecule has 0 atom stereocenters. The summed E-state index contributed by atoms with van der Waals surface area (Å²) in [6.45, 7) is 0.205. The molecule has 1 rings (SSSR count). The Morgan fingerprint density at radius 2 is 2.00 bits per heavy atom. The van der Waals surface area contributed by atoms with E-state index in [-0.39, 0.29) is 18.9 Å². The van der Waals surface area contributed by atoms with E-state index >= 15 is 0 Å². The highest BCUT2D eigenvalue weighted by molar-refractivity contribution is 5.94. The molecule has 5 nitrogen and oxygen atoms in total. The third-order valence-corrected chi connectivity index (χ3v) is 1.94. The minimum atomic E-state index is -0.913. The van der Waals surface area contributed by atoms with Crippen LogP contribution in [0.15, 0.2) is 24.5 Å². The number of amides is 1. The van der Waals surface area contributed by atoms with Crippen LogP contribution in [0.5, 0.6) is 0 Å². The van der Waals surface area contributed by atoms with Gasteiger partial charge in [-0.3, -0.25) is 14.6 Å². The maximum absolute atomic E-state index is 11.7. The number of carbonyl (C=O) groups is 2. The van der Waals surface area contributed by atoms with Crippen LogP contribution in [-0.2, 0) is 4.79 Å². The van der Waals surface area contributed by atoms with Crippen molar-refractivity contribution in [2.75, 3.05) is 13.6 Å². The molecule has 1 heterocycles. The smallest absolute Gasteiger partial charge is 0.305 e. The third kappa shape index (κ3) is 3.38. The van der Waals surface area contributed by atoms with E-state index < -0.39 is 5.97 Å². The second-order valence-corrected chi connectivity index (χ2v) is 3.11. The summed E-state index contributed by atoms with van der Waals surface area (Å²) < 4.78 is 0. The van der Waals surface area contributed by atoms with Crippen LogP contribution in [0.2, 0.25) is 0 Å². The van der Waals surface area contributed by atoms with Crippen molar-refractivity contribution in [3.8, 4) is 0 Å². The van der Waals surface area contributed by atoms with Crippen molar-refractivity contribution in [3.63, 3.8) is 0 Å². The standard InChI is InChI=1S/C10H12N2O3/c1-12(7-4-9(13)14)10(15)8-2-5-11-6-3-8/h2-3,5-6H,4,7H2,1H3,(H,13,14). The van der Waals surface area contributed by atoms with Crippen LogP contribution in [0.4, 0.5) is 0 Å². The highest BCUT2D eigenvalue weighted by Crippen LogP contribution is 2.01. The average molecular weight is 208 g/mol. The predicted molar refractivity (Wildman–Crippen MR) is 53.5 cm³/mol. The number of nitrogens with zero attached hydrogens (tertiary/aromatic N) is 2. The molecule has 0 fully saturated rings. The molecule has 80 valence electrons. The summed E-state index contributed by atoms with van der Waals surface area (Å²) in [7, 11) is 1.58. The van der Waals surface area contributed by atoms with Crippen molar-refractivity contribution in [2.45, 2.75) is 6.42 Å². The quantitative estimate of drug-likeness (QED) is 0.787. The van der Waals surface area contributed by atoms with Crippen molar-refractivity contribution in [1.29, 1.82) is 0 Å². The predicted octanol–water partition coefficient (Wildman–Crippen LogP) is 0.628. The van der Waals surface area contributed by atoms with E-state index in [2.05, 4.69) is 4.98 Å². The fourth-order valence-corrected chi connectivity index (χ4v) is 1.08.